The zero-order chi connectivity index (χ0) is 14.8. The molecule has 1 unspecified atom stereocenters. The summed E-state index contributed by atoms with van der Waals surface area (Å²) in [5, 5.41) is 6.72. The number of aryl methyl sites for hydroxylation is 1. The van der Waals surface area contributed by atoms with Crippen molar-refractivity contribution in [2.75, 3.05) is 23.6 Å². The van der Waals surface area contributed by atoms with Crippen LogP contribution in [0.2, 0.25) is 0 Å². The Morgan fingerprint density at radius 3 is 3.00 bits per heavy atom. The molecule has 1 aliphatic heterocycles. The first-order chi connectivity index (χ1) is 10.2. The van der Waals surface area contributed by atoms with Crippen molar-refractivity contribution < 1.29 is 14.3 Å². The van der Waals surface area contributed by atoms with Gasteiger partial charge >= 0.3 is 5.97 Å². The highest BCUT2D eigenvalue weighted by molar-refractivity contribution is 7.99. The van der Waals surface area contributed by atoms with E-state index in [9.17, 15) is 9.59 Å². The number of thiophene rings is 1. The summed E-state index contributed by atoms with van der Waals surface area (Å²) in [6, 6.07) is -0.179. The predicted molar refractivity (Wildman–Crippen MR) is 85.2 cm³/mol. The standard InChI is InChI=1S/C14H18N2O3S2/c1-2-19-14(18)11-8-4-3-5-10(8)21-13(11)16-12(17)9-6-20-7-15-9/h9,15H,2-7H2,1H3,(H,16,17). The van der Waals surface area contributed by atoms with Crippen molar-refractivity contribution in [3.8, 4) is 0 Å². The van der Waals surface area contributed by atoms with Crippen molar-refractivity contribution in [2.24, 2.45) is 0 Å². The number of hydrogen-bond acceptors (Lipinski definition) is 6. The molecule has 0 saturated carbocycles. The first kappa shape index (κ1) is 14.9. The maximum atomic E-state index is 12.2. The Labute approximate surface area is 131 Å². The number of nitrogens with one attached hydrogen (secondary N) is 2. The summed E-state index contributed by atoms with van der Waals surface area (Å²) < 4.78 is 5.16. The van der Waals surface area contributed by atoms with Crippen LogP contribution in [0.1, 0.15) is 34.1 Å². The minimum absolute atomic E-state index is 0.0644. The molecule has 114 valence electrons. The van der Waals surface area contributed by atoms with Gasteiger partial charge < -0.3 is 10.1 Å². The van der Waals surface area contributed by atoms with Gasteiger partial charge in [0.25, 0.3) is 0 Å². The average molecular weight is 326 g/mol. The molecule has 1 fully saturated rings. The lowest BCUT2D eigenvalue weighted by atomic mass is 10.1. The summed E-state index contributed by atoms with van der Waals surface area (Å²) in [7, 11) is 0. The van der Waals surface area contributed by atoms with E-state index in [1.807, 2.05) is 0 Å². The fourth-order valence-corrected chi connectivity index (χ4v) is 4.90. The molecule has 1 aromatic heterocycles. The molecule has 2 N–H and O–H groups in total. The quantitative estimate of drug-likeness (QED) is 0.829. The molecule has 0 aromatic carbocycles. The smallest absolute Gasteiger partial charge is 0.341 e. The summed E-state index contributed by atoms with van der Waals surface area (Å²) >= 11 is 3.23. The van der Waals surface area contributed by atoms with Gasteiger partial charge in [-0.1, -0.05) is 0 Å². The minimum Gasteiger partial charge on any atom is -0.462 e. The Bertz CT molecular complexity index is 565. The van der Waals surface area contributed by atoms with E-state index in [1.54, 1.807) is 18.7 Å². The topological polar surface area (TPSA) is 67.4 Å². The van der Waals surface area contributed by atoms with Crippen molar-refractivity contribution in [2.45, 2.75) is 32.2 Å². The van der Waals surface area contributed by atoms with Crippen molar-refractivity contribution in [3.63, 3.8) is 0 Å². The van der Waals surface area contributed by atoms with Gasteiger partial charge in [-0.2, -0.15) is 0 Å². The van der Waals surface area contributed by atoms with Crippen molar-refractivity contribution in [1.82, 2.24) is 5.32 Å². The molecule has 0 spiro atoms. The van der Waals surface area contributed by atoms with E-state index >= 15 is 0 Å². The molecular weight excluding hydrogens is 308 g/mol. The first-order valence-electron chi connectivity index (χ1n) is 7.14. The van der Waals surface area contributed by atoms with E-state index < -0.39 is 0 Å². The minimum atomic E-state index is -0.319. The highest BCUT2D eigenvalue weighted by Gasteiger charge is 2.30. The third kappa shape index (κ3) is 2.95. The van der Waals surface area contributed by atoms with Gasteiger partial charge in [0.2, 0.25) is 5.91 Å². The van der Waals surface area contributed by atoms with Crippen LogP contribution < -0.4 is 10.6 Å². The molecule has 1 amide bonds. The zero-order valence-electron chi connectivity index (χ0n) is 11.9. The molecule has 1 saturated heterocycles. The second-order valence-corrected chi connectivity index (χ2v) is 7.18. The summed E-state index contributed by atoms with van der Waals surface area (Å²) in [6.07, 6.45) is 2.95. The summed E-state index contributed by atoms with van der Waals surface area (Å²) in [5.41, 5.74) is 1.65. The molecule has 1 aromatic rings. The van der Waals surface area contributed by atoms with Crippen LogP contribution in [-0.4, -0.2) is 36.2 Å². The van der Waals surface area contributed by atoms with E-state index in [2.05, 4.69) is 10.6 Å². The van der Waals surface area contributed by atoms with Gasteiger partial charge in [-0.25, -0.2) is 4.79 Å². The van der Waals surface area contributed by atoms with Crippen LogP contribution in [0.5, 0.6) is 0 Å². The third-order valence-corrected chi connectivity index (χ3v) is 5.82. The highest BCUT2D eigenvalue weighted by Crippen LogP contribution is 2.39. The average Bonchev–Trinajstić information content (AvgIpc) is 3.14. The van der Waals surface area contributed by atoms with E-state index in [-0.39, 0.29) is 17.9 Å². The fourth-order valence-electron chi connectivity index (χ4n) is 2.67. The normalized spacial score (nSPS) is 20.3. The molecule has 21 heavy (non-hydrogen) atoms. The van der Waals surface area contributed by atoms with Gasteiger partial charge in [-0.15, -0.1) is 23.1 Å². The Kier molecular flexibility index (Phi) is 4.51. The lowest BCUT2D eigenvalue weighted by Crippen LogP contribution is -2.37. The molecule has 2 aliphatic rings. The summed E-state index contributed by atoms with van der Waals surface area (Å²) in [6.45, 7) is 2.14. The van der Waals surface area contributed by atoms with Gasteiger partial charge in [0, 0.05) is 16.5 Å². The van der Waals surface area contributed by atoms with Crippen molar-refractivity contribution >= 4 is 40.0 Å². The summed E-state index contributed by atoms with van der Waals surface area (Å²) in [5.74, 6) is 1.18. The Morgan fingerprint density at radius 2 is 2.29 bits per heavy atom. The van der Waals surface area contributed by atoms with Gasteiger partial charge in [-0.05, 0) is 31.7 Å². The second-order valence-electron chi connectivity index (χ2n) is 5.04. The number of rotatable bonds is 4. The van der Waals surface area contributed by atoms with Crippen LogP contribution in [-0.2, 0) is 22.4 Å². The number of fused-ring (bicyclic) bond motifs is 1. The SMILES string of the molecule is CCOC(=O)c1c(NC(=O)C2CSCN2)sc2c1CCC2. The molecule has 0 bridgehead atoms. The molecule has 7 heteroatoms. The van der Waals surface area contributed by atoms with E-state index in [1.165, 1.54) is 16.2 Å². The fraction of sp³-hybridized carbons (Fsp3) is 0.571. The number of anilines is 1. The van der Waals surface area contributed by atoms with E-state index in [0.29, 0.717) is 17.2 Å². The van der Waals surface area contributed by atoms with Crippen LogP contribution in [0, 0.1) is 0 Å². The maximum absolute atomic E-state index is 12.2. The number of thioether (sulfide) groups is 1. The van der Waals surface area contributed by atoms with E-state index in [0.717, 1.165) is 36.5 Å². The van der Waals surface area contributed by atoms with Gasteiger partial charge in [-0.3, -0.25) is 10.1 Å². The molecule has 1 aliphatic carbocycles. The predicted octanol–water partition coefficient (Wildman–Crippen LogP) is 2.01. The van der Waals surface area contributed by atoms with Crippen LogP contribution in [0.4, 0.5) is 5.00 Å². The molecule has 3 rings (SSSR count). The van der Waals surface area contributed by atoms with Crippen LogP contribution >= 0.6 is 23.1 Å². The largest absolute Gasteiger partial charge is 0.462 e. The van der Waals surface area contributed by atoms with Gasteiger partial charge in [0.1, 0.15) is 5.00 Å². The highest BCUT2D eigenvalue weighted by atomic mass is 32.2. The number of amides is 1. The monoisotopic (exact) mass is 326 g/mol. The molecule has 5 nitrogen and oxygen atoms in total. The van der Waals surface area contributed by atoms with E-state index in [4.69, 9.17) is 4.74 Å². The van der Waals surface area contributed by atoms with Crippen molar-refractivity contribution in [1.29, 1.82) is 0 Å². The van der Waals surface area contributed by atoms with Crippen LogP contribution in [0.25, 0.3) is 0 Å². The Balaban J connectivity index is 1.84. The first-order valence-corrected chi connectivity index (χ1v) is 9.11. The zero-order valence-corrected chi connectivity index (χ0v) is 13.5. The number of esters is 1. The van der Waals surface area contributed by atoms with Crippen LogP contribution in [0.3, 0.4) is 0 Å². The molecular formula is C14H18N2O3S2. The second kappa shape index (κ2) is 6.37. The third-order valence-electron chi connectivity index (χ3n) is 3.67. The molecule has 2 heterocycles. The van der Waals surface area contributed by atoms with Crippen LogP contribution in [0.15, 0.2) is 0 Å². The lowest BCUT2D eigenvalue weighted by molar-refractivity contribution is -0.117. The molecule has 0 radical (unpaired) electrons. The maximum Gasteiger partial charge on any atom is 0.341 e. The van der Waals surface area contributed by atoms with Gasteiger partial charge in [0.05, 0.1) is 18.2 Å². The number of carbonyl (C=O) groups excluding carboxylic acids is 2. The lowest BCUT2D eigenvalue weighted by Gasteiger charge is -2.11. The summed E-state index contributed by atoms with van der Waals surface area (Å²) in [4.78, 5) is 25.7. The Morgan fingerprint density at radius 1 is 1.43 bits per heavy atom. The van der Waals surface area contributed by atoms with Gasteiger partial charge in [0.15, 0.2) is 0 Å². The van der Waals surface area contributed by atoms with Crippen molar-refractivity contribution in [3.05, 3.63) is 16.0 Å². The number of hydrogen-bond donors (Lipinski definition) is 2. The molecule has 1 atom stereocenters. The Hall–Kier alpha value is -1.05. The number of ether oxygens (including phenoxy) is 1. The number of carbonyl (C=O) groups is 2.